The van der Waals surface area contributed by atoms with E-state index in [0.29, 0.717) is 21.3 Å². The van der Waals surface area contributed by atoms with E-state index < -0.39 is 50.0 Å². The summed E-state index contributed by atoms with van der Waals surface area (Å²) in [5.74, 6) is -0.0585. The average Bonchev–Trinajstić information content (AvgIpc) is 3.75. The first-order chi connectivity index (χ1) is 27.4. The van der Waals surface area contributed by atoms with Crippen molar-refractivity contribution in [3.8, 4) is 17.0 Å². The zero-order valence-electron chi connectivity index (χ0n) is 33.5. The maximum absolute atomic E-state index is 13.4. The maximum atomic E-state index is 13.4. The molecule has 5 aromatic rings. The molecule has 5 rings (SSSR count). The SMILES string of the molecule is CN(Cc1cc(-c2ccc(OC(F)F)cc2)n(S(=O)(=O)c2cccnc2)c1)C(=O)OC(C)(C)C.CN(Cc1cc(Br)n(S(=O)(=O)c2cccnc2)c1)C(=O)OC(C)(C)C. The third kappa shape index (κ3) is 12.8. The summed E-state index contributed by atoms with van der Waals surface area (Å²) in [6.45, 7) is 7.90. The van der Waals surface area contributed by atoms with Gasteiger partial charge in [-0.25, -0.2) is 34.4 Å². The lowest BCUT2D eigenvalue weighted by molar-refractivity contribution is -0.0498. The zero-order chi connectivity index (χ0) is 43.9. The molecule has 4 aromatic heterocycles. The predicted molar refractivity (Wildman–Crippen MR) is 218 cm³/mol. The number of hydrogen-bond donors (Lipinski definition) is 0. The van der Waals surface area contributed by atoms with Gasteiger partial charge in [0.15, 0.2) is 0 Å². The number of nitrogens with zero attached hydrogens (tertiary/aromatic N) is 6. The van der Waals surface area contributed by atoms with Crippen LogP contribution in [0.15, 0.2) is 112 Å². The molecule has 0 aliphatic rings. The third-order valence-electron chi connectivity index (χ3n) is 7.65. The highest BCUT2D eigenvalue weighted by atomic mass is 79.9. The van der Waals surface area contributed by atoms with E-state index in [1.165, 1.54) is 96.5 Å². The van der Waals surface area contributed by atoms with Crippen LogP contribution in [0.2, 0.25) is 0 Å². The molecular formula is C39H45BrF2N6O9S2. The van der Waals surface area contributed by atoms with Crippen LogP contribution < -0.4 is 4.74 Å². The Morgan fingerprint density at radius 3 is 1.59 bits per heavy atom. The van der Waals surface area contributed by atoms with Crippen LogP contribution in [0.25, 0.3) is 11.3 Å². The Morgan fingerprint density at radius 1 is 0.729 bits per heavy atom. The molecule has 15 nitrogen and oxygen atoms in total. The number of benzene rings is 1. The van der Waals surface area contributed by atoms with Crippen LogP contribution in [0.1, 0.15) is 52.7 Å². The number of hydrogen-bond acceptors (Lipinski definition) is 11. The first-order valence-corrected chi connectivity index (χ1v) is 21.4. The minimum absolute atomic E-state index is 0.0310. The van der Waals surface area contributed by atoms with Crippen LogP contribution in [-0.2, 0) is 42.6 Å². The van der Waals surface area contributed by atoms with Crippen molar-refractivity contribution in [1.29, 1.82) is 0 Å². The standard InChI is InChI=1S/C23H25F2N3O5S.C16H20BrN3O4S/c1-23(2,3)33-22(29)27(4)14-16-12-20(17-7-9-18(10-8-17)32-21(24)25)28(15-16)34(30,31)19-6-5-11-26-13-19;1-16(2,3)24-15(21)19(4)10-12-8-14(17)20(11-12)25(22,23)13-6-5-7-18-9-13/h5-13,15,21H,14H2,1-4H3;5-9,11H,10H2,1-4H3. The van der Waals surface area contributed by atoms with E-state index >= 15 is 0 Å². The van der Waals surface area contributed by atoms with Crippen LogP contribution in [-0.4, -0.2) is 88.6 Å². The van der Waals surface area contributed by atoms with Crippen molar-refractivity contribution in [1.82, 2.24) is 27.7 Å². The van der Waals surface area contributed by atoms with E-state index in [9.17, 15) is 35.2 Å². The third-order valence-corrected chi connectivity index (χ3v) is 11.8. The molecule has 0 saturated heterocycles. The second kappa shape index (κ2) is 18.7. The Balaban J connectivity index is 0.000000273. The van der Waals surface area contributed by atoms with Crippen molar-refractivity contribution >= 4 is 48.2 Å². The van der Waals surface area contributed by atoms with Gasteiger partial charge in [0.25, 0.3) is 20.0 Å². The summed E-state index contributed by atoms with van der Waals surface area (Å²) in [6, 6.07) is 14.8. The van der Waals surface area contributed by atoms with Crippen molar-refractivity contribution in [3.63, 3.8) is 0 Å². The van der Waals surface area contributed by atoms with Crippen molar-refractivity contribution < 1.29 is 49.4 Å². The van der Waals surface area contributed by atoms with Crippen molar-refractivity contribution in [2.24, 2.45) is 0 Å². The van der Waals surface area contributed by atoms with Gasteiger partial charge in [-0.05, 0) is 135 Å². The number of amides is 2. The molecule has 318 valence electrons. The highest BCUT2D eigenvalue weighted by molar-refractivity contribution is 9.10. The first kappa shape index (κ1) is 46.4. The second-order valence-corrected chi connectivity index (χ2v) is 19.4. The van der Waals surface area contributed by atoms with E-state index in [2.05, 4.69) is 30.6 Å². The number of ether oxygens (including phenoxy) is 3. The van der Waals surface area contributed by atoms with Crippen LogP contribution in [0.3, 0.4) is 0 Å². The number of aromatic nitrogens is 4. The van der Waals surface area contributed by atoms with E-state index in [1.54, 1.807) is 66.8 Å². The summed E-state index contributed by atoms with van der Waals surface area (Å²) in [4.78, 5) is 34.9. The molecule has 0 radical (unpaired) electrons. The van der Waals surface area contributed by atoms with Gasteiger partial charge in [-0.3, -0.25) is 9.97 Å². The Morgan fingerprint density at radius 2 is 1.17 bits per heavy atom. The molecule has 0 atom stereocenters. The maximum Gasteiger partial charge on any atom is 0.410 e. The fraction of sp³-hybridized carbons (Fsp3) is 0.333. The Kier molecular flexibility index (Phi) is 14.7. The normalized spacial score (nSPS) is 12.0. The van der Waals surface area contributed by atoms with Crippen LogP contribution in [0, 0.1) is 0 Å². The number of carbonyl (C=O) groups is 2. The monoisotopic (exact) mass is 922 g/mol. The van der Waals surface area contributed by atoms with Gasteiger partial charge < -0.3 is 24.0 Å². The predicted octanol–water partition coefficient (Wildman–Crippen LogP) is 8.00. The number of pyridine rings is 2. The number of carbonyl (C=O) groups excluding carboxylic acids is 2. The van der Waals surface area contributed by atoms with Crippen LogP contribution in [0.4, 0.5) is 18.4 Å². The van der Waals surface area contributed by atoms with Crippen molar-refractivity contribution in [3.05, 3.63) is 114 Å². The zero-order valence-corrected chi connectivity index (χ0v) is 36.8. The summed E-state index contributed by atoms with van der Waals surface area (Å²) < 4.78 is 94.6. The van der Waals surface area contributed by atoms with Crippen LogP contribution >= 0.6 is 15.9 Å². The summed E-state index contributed by atoms with van der Waals surface area (Å²) in [5, 5.41) is 0. The Labute approximate surface area is 350 Å². The summed E-state index contributed by atoms with van der Waals surface area (Å²) in [7, 11) is -4.67. The molecule has 2 amide bonds. The molecule has 0 aliphatic heterocycles. The van der Waals surface area contributed by atoms with Gasteiger partial charge >= 0.3 is 18.8 Å². The molecule has 0 spiro atoms. The quantitative estimate of drug-likeness (QED) is 0.126. The fourth-order valence-electron chi connectivity index (χ4n) is 5.12. The highest BCUT2D eigenvalue weighted by Gasteiger charge is 2.26. The molecule has 20 heteroatoms. The molecule has 59 heavy (non-hydrogen) atoms. The highest BCUT2D eigenvalue weighted by Crippen LogP contribution is 2.30. The lowest BCUT2D eigenvalue weighted by Gasteiger charge is -2.24. The van der Waals surface area contributed by atoms with E-state index in [4.69, 9.17) is 9.47 Å². The summed E-state index contributed by atoms with van der Waals surface area (Å²) in [5.41, 5.74) is 0.604. The Bertz CT molecular complexity index is 2440. The van der Waals surface area contributed by atoms with Gasteiger partial charge in [0.05, 0.1) is 18.8 Å². The molecule has 0 aliphatic carbocycles. The van der Waals surface area contributed by atoms with Gasteiger partial charge in [-0.1, -0.05) is 0 Å². The largest absolute Gasteiger partial charge is 0.444 e. The lowest BCUT2D eigenvalue weighted by atomic mass is 10.1. The minimum Gasteiger partial charge on any atom is -0.444 e. The molecule has 1 aromatic carbocycles. The van der Waals surface area contributed by atoms with Gasteiger partial charge in [-0.2, -0.15) is 8.78 Å². The number of halogens is 3. The van der Waals surface area contributed by atoms with Gasteiger partial charge in [-0.15, -0.1) is 0 Å². The van der Waals surface area contributed by atoms with E-state index in [0.717, 1.165) is 7.94 Å². The molecule has 0 bridgehead atoms. The Hall–Kier alpha value is -5.34. The van der Waals surface area contributed by atoms with Gasteiger partial charge in [0, 0.05) is 51.3 Å². The smallest absolute Gasteiger partial charge is 0.410 e. The van der Waals surface area contributed by atoms with Crippen molar-refractivity contribution in [2.75, 3.05) is 14.1 Å². The molecule has 0 saturated carbocycles. The fourth-order valence-corrected chi connectivity index (χ4v) is 8.68. The number of alkyl halides is 2. The van der Waals surface area contributed by atoms with Gasteiger partial charge in [0.2, 0.25) is 0 Å². The summed E-state index contributed by atoms with van der Waals surface area (Å²) in [6.07, 6.45) is 7.30. The molecule has 4 heterocycles. The lowest BCUT2D eigenvalue weighted by Crippen LogP contribution is -2.33. The minimum atomic E-state index is -4.04. The summed E-state index contributed by atoms with van der Waals surface area (Å²) >= 11 is 3.25. The van der Waals surface area contributed by atoms with Crippen LogP contribution in [0.5, 0.6) is 5.75 Å². The first-order valence-electron chi connectivity index (χ1n) is 17.7. The topological polar surface area (TPSA) is 172 Å². The van der Waals surface area contributed by atoms with E-state index in [-0.39, 0.29) is 34.3 Å². The molecule has 0 unspecified atom stereocenters. The molecular weight excluding hydrogens is 878 g/mol. The molecule has 0 fully saturated rings. The average molecular weight is 924 g/mol. The van der Waals surface area contributed by atoms with E-state index in [1.807, 2.05) is 0 Å². The second-order valence-electron chi connectivity index (χ2n) is 15.0. The van der Waals surface area contributed by atoms with Crippen molar-refractivity contribution in [2.45, 2.75) is 82.2 Å². The van der Waals surface area contributed by atoms with Gasteiger partial charge in [0.1, 0.15) is 31.3 Å². The number of rotatable bonds is 11. The molecule has 0 N–H and O–H groups in total.